The van der Waals surface area contributed by atoms with Crippen LogP contribution in [-0.4, -0.2) is 38.0 Å². The number of rotatable bonds is 5. The molecule has 0 aliphatic heterocycles. The summed E-state index contributed by atoms with van der Waals surface area (Å²) in [6.07, 6.45) is 1.12. The molecule has 0 fully saturated rings. The highest BCUT2D eigenvalue weighted by molar-refractivity contribution is 9.11. The fourth-order valence-electron chi connectivity index (χ4n) is 0.683. The van der Waals surface area contributed by atoms with E-state index in [0.29, 0.717) is 22.1 Å². The number of sulfonamides is 1. The molecule has 80 valence electrons. The predicted molar refractivity (Wildman–Crippen MR) is 58.9 cm³/mol. The van der Waals surface area contributed by atoms with Crippen LogP contribution in [0.1, 0.15) is 0 Å². The number of halogens is 1. The molecule has 1 rings (SSSR count). The zero-order valence-electron chi connectivity index (χ0n) is 7.32. The SMILES string of the molecule is CS(=O)(=O)NCCNc1nnc(Br)s1. The van der Waals surface area contributed by atoms with Crippen molar-refractivity contribution in [1.82, 2.24) is 14.9 Å². The van der Waals surface area contributed by atoms with Gasteiger partial charge < -0.3 is 5.32 Å². The molecule has 0 bridgehead atoms. The van der Waals surface area contributed by atoms with Crippen LogP contribution in [0.3, 0.4) is 0 Å². The summed E-state index contributed by atoms with van der Waals surface area (Å²) in [7, 11) is -3.11. The largest absolute Gasteiger partial charge is 0.359 e. The Balaban J connectivity index is 2.23. The second-order valence-electron chi connectivity index (χ2n) is 2.45. The molecule has 1 aromatic heterocycles. The minimum Gasteiger partial charge on any atom is -0.359 e. The van der Waals surface area contributed by atoms with Crippen molar-refractivity contribution in [2.45, 2.75) is 0 Å². The van der Waals surface area contributed by atoms with Crippen LogP contribution in [0.15, 0.2) is 3.92 Å². The molecule has 2 N–H and O–H groups in total. The maximum atomic E-state index is 10.7. The standard InChI is InChI=1S/C5H9BrN4O2S2/c1-14(11,12)8-3-2-7-5-10-9-4(6)13-5/h8H,2-3H2,1H3,(H,7,10). The quantitative estimate of drug-likeness (QED) is 0.762. The van der Waals surface area contributed by atoms with Gasteiger partial charge in [-0.25, -0.2) is 13.1 Å². The van der Waals surface area contributed by atoms with E-state index in [-0.39, 0.29) is 0 Å². The highest BCUT2D eigenvalue weighted by atomic mass is 79.9. The summed E-state index contributed by atoms with van der Waals surface area (Å²) in [6, 6.07) is 0. The zero-order chi connectivity index (χ0) is 10.6. The molecule has 6 nitrogen and oxygen atoms in total. The van der Waals surface area contributed by atoms with E-state index in [0.717, 1.165) is 6.26 Å². The minimum absolute atomic E-state index is 0.329. The van der Waals surface area contributed by atoms with Crippen molar-refractivity contribution in [2.24, 2.45) is 0 Å². The van der Waals surface area contributed by atoms with Gasteiger partial charge in [0.25, 0.3) is 0 Å². The third kappa shape index (κ3) is 4.84. The van der Waals surface area contributed by atoms with E-state index in [1.54, 1.807) is 0 Å². The Morgan fingerprint density at radius 2 is 2.14 bits per heavy atom. The van der Waals surface area contributed by atoms with Crippen LogP contribution in [0.25, 0.3) is 0 Å². The van der Waals surface area contributed by atoms with Gasteiger partial charge in [0.2, 0.25) is 15.2 Å². The summed E-state index contributed by atoms with van der Waals surface area (Å²) in [5, 5.41) is 11.1. The van der Waals surface area contributed by atoms with Gasteiger partial charge >= 0.3 is 0 Å². The molecule has 14 heavy (non-hydrogen) atoms. The van der Waals surface area contributed by atoms with E-state index in [2.05, 4.69) is 36.2 Å². The first kappa shape index (κ1) is 11.8. The molecule has 0 aliphatic carbocycles. The van der Waals surface area contributed by atoms with Crippen LogP contribution >= 0.6 is 27.3 Å². The summed E-state index contributed by atoms with van der Waals surface area (Å²) in [5.74, 6) is 0. The van der Waals surface area contributed by atoms with Crippen LogP contribution in [-0.2, 0) is 10.0 Å². The maximum absolute atomic E-state index is 10.7. The lowest BCUT2D eigenvalue weighted by atomic mass is 10.7. The average molecular weight is 301 g/mol. The van der Waals surface area contributed by atoms with E-state index in [1.165, 1.54) is 11.3 Å². The van der Waals surface area contributed by atoms with Gasteiger partial charge in [0.15, 0.2) is 3.92 Å². The van der Waals surface area contributed by atoms with Gasteiger partial charge in [-0.2, -0.15) is 0 Å². The molecule has 0 atom stereocenters. The van der Waals surface area contributed by atoms with Gasteiger partial charge in [0.05, 0.1) is 6.26 Å². The average Bonchev–Trinajstić information content (AvgIpc) is 2.44. The van der Waals surface area contributed by atoms with E-state index in [4.69, 9.17) is 0 Å². The Labute approximate surface area is 94.3 Å². The molecule has 0 unspecified atom stereocenters. The number of nitrogens with zero attached hydrogens (tertiary/aromatic N) is 2. The summed E-state index contributed by atoms with van der Waals surface area (Å²) in [6.45, 7) is 0.810. The van der Waals surface area contributed by atoms with Gasteiger partial charge in [-0.05, 0) is 15.9 Å². The van der Waals surface area contributed by atoms with E-state index < -0.39 is 10.0 Å². The molecule has 0 aliphatic rings. The smallest absolute Gasteiger partial charge is 0.208 e. The number of hydrogen-bond donors (Lipinski definition) is 2. The second-order valence-corrected chi connectivity index (χ2v) is 6.54. The highest BCUT2D eigenvalue weighted by Crippen LogP contribution is 2.19. The second kappa shape index (κ2) is 5.01. The van der Waals surface area contributed by atoms with Gasteiger partial charge in [-0.15, -0.1) is 10.2 Å². The lowest BCUT2D eigenvalue weighted by Crippen LogP contribution is -2.27. The summed E-state index contributed by atoms with van der Waals surface area (Å²) >= 11 is 4.52. The fraction of sp³-hybridized carbons (Fsp3) is 0.600. The highest BCUT2D eigenvalue weighted by Gasteiger charge is 2.01. The Kier molecular flexibility index (Phi) is 4.23. The van der Waals surface area contributed by atoms with Crippen molar-refractivity contribution in [1.29, 1.82) is 0 Å². The van der Waals surface area contributed by atoms with Crippen LogP contribution < -0.4 is 10.0 Å². The number of nitrogens with one attached hydrogen (secondary N) is 2. The minimum atomic E-state index is -3.11. The number of anilines is 1. The van der Waals surface area contributed by atoms with Crippen LogP contribution in [0, 0.1) is 0 Å². The third-order valence-corrected chi connectivity index (χ3v) is 3.21. The van der Waals surface area contributed by atoms with Crippen molar-refractivity contribution in [2.75, 3.05) is 24.7 Å². The van der Waals surface area contributed by atoms with E-state index in [9.17, 15) is 8.42 Å². The van der Waals surface area contributed by atoms with Crippen molar-refractivity contribution in [3.05, 3.63) is 3.92 Å². The first-order valence-corrected chi connectivity index (χ1v) is 7.15. The molecule has 0 saturated heterocycles. The number of aromatic nitrogens is 2. The summed E-state index contributed by atoms with van der Waals surface area (Å²) in [4.78, 5) is 0. The predicted octanol–water partition coefficient (Wildman–Crippen LogP) is 0.262. The first-order valence-electron chi connectivity index (χ1n) is 3.65. The van der Waals surface area contributed by atoms with Gasteiger partial charge in [-0.3, -0.25) is 0 Å². The Bertz CT molecular complexity index is 390. The van der Waals surface area contributed by atoms with E-state index >= 15 is 0 Å². The lowest BCUT2D eigenvalue weighted by Gasteiger charge is -2.01. The monoisotopic (exact) mass is 300 g/mol. The van der Waals surface area contributed by atoms with E-state index in [1.807, 2.05) is 0 Å². The summed E-state index contributed by atoms with van der Waals surface area (Å²) < 4.78 is 24.4. The molecule has 1 heterocycles. The molecule has 0 saturated carbocycles. The third-order valence-electron chi connectivity index (χ3n) is 1.17. The van der Waals surface area contributed by atoms with Crippen LogP contribution in [0.2, 0.25) is 0 Å². The van der Waals surface area contributed by atoms with Crippen molar-refractivity contribution < 1.29 is 8.42 Å². The maximum Gasteiger partial charge on any atom is 0.208 e. The van der Waals surface area contributed by atoms with Crippen LogP contribution in [0.5, 0.6) is 0 Å². The Hall–Kier alpha value is -0.250. The molecule has 0 amide bonds. The molecular formula is C5H9BrN4O2S2. The van der Waals surface area contributed by atoms with Crippen molar-refractivity contribution in [3.63, 3.8) is 0 Å². The lowest BCUT2D eigenvalue weighted by molar-refractivity contribution is 0.589. The van der Waals surface area contributed by atoms with Gasteiger partial charge in [0.1, 0.15) is 0 Å². The van der Waals surface area contributed by atoms with Crippen LogP contribution in [0.4, 0.5) is 5.13 Å². The Morgan fingerprint density at radius 3 is 2.64 bits per heavy atom. The molecule has 1 aromatic rings. The normalized spacial score (nSPS) is 11.6. The fourth-order valence-corrected chi connectivity index (χ4v) is 2.19. The Morgan fingerprint density at radius 1 is 1.43 bits per heavy atom. The topological polar surface area (TPSA) is 84.0 Å². The first-order chi connectivity index (χ1) is 6.47. The molecule has 0 aromatic carbocycles. The zero-order valence-corrected chi connectivity index (χ0v) is 10.5. The molecule has 0 spiro atoms. The van der Waals surface area contributed by atoms with Crippen molar-refractivity contribution >= 4 is 42.4 Å². The molecule has 9 heteroatoms. The molecular weight excluding hydrogens is 292 g/mol. The molecule has 0 radical (unpaired) electrons. The van der Waals surface area contributed by atoms with Gasteiger partial charge in [0, 0.05) is 13.1 Å². The van der Waals surface area contributed by atoms with Crippen molar-refractivity contribution in [3.8, 4) is 0 Å². The summed E-state index contributed by atoms with van der Waals surface area (Å²) in [5.41, 5.74) is 0. The van der Waals surface area contributed by atoms with Gasteiger partial charge in [-0.1, -0.05) is 11.3 Å². The number of hydrogen-bond acceptors (Lipinski definition) is 6.